The van der Waals surface area contributed by atoms with Crippen molar-refractivity contribution in [1.29, 1.82) is 0 Å². The Kier molecular flexibility index (Phi) is 5.44. The van der Waals surface area contributed by atoms with Crippen molar-refractivity contribution in [3.63, 3.8) is 0 Å². The van der Waals surface area contributed by atoms with Crippen LogP contribution < -0.4 is 5.32 Å². The van der Waals surface area contributed by atoms with Gasteiger partial charge in [0.25, 0.3) is 0 Å². The molecule has 2 rings (SSSR count). The average Bonchev–Trinajstić information content (AvgIpc) is 2.48. The molecule has 0 radical (unpaired) electrons. The molecular formula is C16H31N3O. The maximum Gasteiger partial charge on any atom is 0.230 e. The first-order valence-corrected chi connectivity index (χ1v) is 8.33. The number of piperidine rings is 1. The largest absolute Gasteiger partial charge is 0.340 e. The first kappa shape index (κ1) is 15.8. The Labute approximate surface area is 123 Å². The van der Waals surface area contributed by atoms with E-state index in [0.717, 1.165) is 65.0 Å². The van der Waals surface area contributed by atoms with Crippen molar-refractivity contribution in [2.75, 3.05) is 39.3 Å². The van der Waals surface area contributed by atoms with Gasteiger partial charge in [-0.1, -0.05) is 13.3 Å². The lowest BCUT2D eigenvalue weighted by Crippen LogP contribution is -2.57. The van der Waals surface area contributed by atoms with Crippen molar-refractivity contribution in [2.24, 2.45) is 5.41 Å². The van der Waals surface area contributed by atoms with Crippen LogP contribution in [-0.2, 0) is 4.79 Å². The van der Waals surface area contributed by atoms with Gasteiger partial charge in [-0.25, -0.2) is 0 Å². The minimum absolute atomic E-state index is 0.118. The predicted octanol–water partition coefficient (Wildman–Crippen LogP) is 1.71. The number of carbonyl (C=O) groups excluding carboxylic acids is 1. The molecule has 4 nitrogen and oxygen atoms in total. The monoisotopic (exact) mass is 281 g/mol. The van der Waals surface area contributed by atoms with Crippen molar-refractivity contribution in [3.8, 4) is 0 Å². The molecule has 4 heteroatoms. The van der Waals surface area contributed by atoms with E-state index in [1.165, 1.54) is 0 Å². The summed E-state index contributed by atoms with van der Waals surface area (Å²) in [6.45, 7) is 12.5. The first-order chi connectivity index (χ1) is 9.59. The predicted molar refractivity (Wildman–Crippen MR) is 82.7 cm³/mol. The van der Waals surface area contributed by atoms with Crippen LogP contribution in [0.4, 0.5) is 0 Å². The Morgan fingerprint density at radius 2 is 1.95 bits per heavy atom. The van der Waals surface area contributed by atoms with Crippen LogP contribution in [0.25, 0.3) is 0 Å². The second kappa shape index (κ2) is 6.90. The fourth-order valence-corrected chi connectivity index (χ4v) is 3.73. The molecule has 2 aliphatic heterocycles. The van der Waals surface area contributed by atoms with Crippen LogP contribution in [0.1, 0.15) is 46.5 Å². The highest BCUT2D eigenvalue weighted by atomic mass is 16.2. The van der Waals surface area contributed by atoms with Gasteiger partial charge in [0, 0.05) is 38.8 Å². The van der Waals surface area contributed by atoms with Crippen molar-refractivity contribution >= 4 is 5.91 Å². The highest BCUT2D eigenvalue weighted by Crippen LogP contribution is 2.34. The number of piperazine rings is 1. The summed E-state index contributed by atoms with van der Waals surface area (Å²) in [5.74, 6) is 0.412. The summed E-state index contributed by atoms with van der Waals surface area (Å²) >= 11 is 0. The van der Waals surface area contributed by atoms with E-state index in [1.54, 1.807) is 0 Å². The lowest BCUT2D eigenvalue weighted by atomic mass is 9.75. The van der Waals surface area contributed by atoms with E-state index in [0.29, 0.717) is 11.9 Å². The number of amides is 1. The molecule has 2 fully saturated rings. The second-order valence-corrected chi connectivity index (χ2v) is 6.73. The number of nitrogens with one attached hydrogen (secondary N) is 1. The van der Waals surface area contributed by atoms with Gasteiger partial charge in [0.2, 0.25) is 5.91 Å². The van der Waals surface area contributed by atoms with Crippen molar-refractivity contribution in [3.05, 3.63) is 0 Å². The smallest absolute Gasteiger partial charge is 0.230 e. The summed E-state index contributed by atoms with van der Waals surface area (Å²) < 4.78 is 0. The van der Waals surface area contributed by atoms with Gasteiger partial charge in [-0.05, 0) is 39.7 Å². The molecule has 0 spiro atoms. The summed E-state index contributed by atoms with van der Waals surface area (Å²) in [5.41, 5.74) is -0.118. The van der Waals surface area contributed by atoms with E-state index >= 15 is 0 Å². The van der Waals surface area contributed by atoms with Gasteiger partial charge in [0.1, 0.15) is 0 Å². The van der Waals surface area contributed by atoms with Crippen LogP contribution in [0.2, 0.25) is 0 Å². The zero-order valence-corrected chi connectivity index (χ0v) is 13.5. The SMILES string of the molecule is CCCC1(C(=O)N2CCN(C(C)C)CC2)CCCNC1. The van der Waals surface area contributed by atoms with Gasteiger partial charge >= 0.3 is 0 Å². The topological polar surface area (TPSA) is 35.6 Å². The number of hydrogen-bond acceptors (Lipinski definition) is 3. The summed E-state index contributed by atoms with van der Waals surface area (Å²) in [6, 6.07) is 0.591. The third-order valence-electron chi connectivity index (χ3n) is 4.99. The molecule has 0 aromatic heterocycles. The molecule has 1 unspecified atom stereocenters. The third-order valence-corrected chi connectivity index (χ3v) is 4.99. The number of carbonyl (C=O) groups is 1. The molecule has 116 valence electrons. The molecule has 0 aromatic rings. The van der Waals surface area contributed by atoms with Crippen LogP contribution in [0.15, 0.2) is 0 Å². The average molecular weight is 281 g/mol. The molecule has 1 atom stereocenters. The van der Waals surface area contributed by atoms with E-state index in [2.05, 4.69) is 35.9 Å². The van der Waals surface area contributed by atoms with Gasteiger partial charge in [0.05, 0.1) is 5.41 Å². The molecule has 0 bridgehead atoms. The Morgan fingerprint density at radius 1 is 1.25 bits per heavy atom. The zero-order valence-electron chi connectivity index (χ0n) is 13.5. The van der Waals surface area contributed by atoms with Crippen molar-refractivity contribution < 1.29 is 4.79 Å². The van der Waals surface area contributed by atoms with Gasteiger partial charge in [0.15, 0.2) is 0 Å². The Morgan fingerprint density at radius 3 is 2.45 bits per heavy atom. The lowest BCUT2D eigenvalue weighted by Gasteiger charge is -2.43. The molecular weight excluding hydrogens is 250 g/mol. The first-order valence-electron chi connectivity index (χ1n) is 8.33. The molecule has 1 amide bonds. The molecule has 2 saturated heterocycles. The van der Waals surface area contributed by atoms with Crippen LogP contribution in [0.5, 0.6) is 0 Å². The second-order valence-electron chi connectivity index (χ2n) is 6.73. The van der Waals surface area contributed by atoms with E-state index in [-0.39, 0.29) is 5.41 Å². The molecule has 2 aliphatic rings. The van der Waals surface area contributed by atoms with Crippen LogP contribution >= 0.6 is 0 Å². The van der Waals surface area contributed by atoms with E-state index in [1.807, 2.05) is 0 Å². The third kappa shape index (κ3) is 3.34. The van der Waals surface area contributed by atoms with Crippen molar-refractivity contribution in [2.45, 2.75) is 52.5 Å². The fraction of sp³-hybridized carbons (Fsp3) is 0.938. The van der Waals surface area contributed by atoms with E-state index < -0.39 is 0 Å². The molecule has 1 N–H and O–H groups in total. The zero-order chi connectivity index (χ0) is 14.6. The van der Waals surface area contributed by atoms with Gasteiger partial charge in [-0.2, -0.15) is 0 Å². The molecule has 0 saturated carbocycles. The van der Waals surface area contributed by atoms with Crippen molar-refractivity contribution in [1.82, 2.24) is 15.1 Å². The highest BCUT2D eigenvalue weighted by Gasteiger charge is 2.41. The number of hydrogen-bond donors (Lipinski definition) is 1. The Balaban J connectivity index is 1.98. The molecule has 0 aromatic carbocycles. The minimum atomic E-state index is -0.118. The van der Waals surface area contributed by atoms with Crippen LogP contribution in [0, 0.1) is 5.41 Å². The minimum Gasteiger partial charge on any atom is -0.340 e. The van der Waals surface area contributed by atoms with Gasteiger partial charge in [-0.15, -0.1) is 0 Å². The molecule has 2 heterocycles. The summed E-state index contributed by atoms with van der Waals surface area (Å²) in [4.78, 5) is 17.6. The Bertz CT molecular complexity index is 310. The van der Waals surface area contributed by atoms with Gasteiger partial charge in [-0.3, -0.25) is 9.69 Å². The van der Waals surface area contributed by atoms with E-state index in [4.69, 9.17) is 0 Å². The summed E-state index contributed by atoms with van der Waals surface area (Å²) in [5, 5.41) is 3.45. The normalized spacial score (nSPS) is 28.9. The molecule has 0 aliphatic carbocycles. The van der Waals surface area contributed by atoms with E-state index in [9.17, 15) is 4.79 Å². The maximum absolute atomic E-state index is 13.0. The fourth-order valence-electron chi connectivity index (χ4n) is 3.73. The maximum atomic E-state index is 13.0. The lowest BCUT2D eigenvalue weighted by molar-refractivity contribution is -0.146. The number of rotatable bonds is 4. The quantitative estimate of drug-likeness (QED) is 0.852. The molecule has 20 heavy (non-hydrogen) atoms. The summed E-state index contributed by atoms with van der Waals surface area (Å²) in [6.07, 6.45) is 4.33. The Hall–Kier alpha value is -0.610. The highest BCUT2D eigenvalue weighted by molar-refractivity contribution is 5.83. The summed E-state index contributed by atoms with van der Waals surface area (Å²) in [7, 11) is 0. The van der Waals surface area contributed by atoms with Gasteiger partial charge < -0.3 is 10.2 Å². The standard InChI is InChI=1S/C16H31N3O/c1-4-6-16(7-5-8-17-13-16)15(20)19-11-9-18(10-12-19)14(2)3/h14,17H,4-13H2,1-3H3. The number of nitrogens with zero attached hydrogens (tertiary/aromatic N) is 2. The van der Waals surface area contributed by atoms with Crippen LogP contribution in [0.3, 0.4) is 0 Å². The van der Waals surface area contributed by atoms with Crippen LogP contribution in [-0.4, -0.2) is 61.0 Å².